The minimum Gasteiger partial charge on any atom is -0.213 e. The van der Waals surface area contributed by atoms with Gasteiger partial charge in [0.05, 0.1) is 6.26 Å². The van der Waals surface area contributed by atoms with Crippen LogP contribution in [0.15, 0.2) is 0 Å². The van der Waals surface area contributed by atoms with Crippen LogP contribution < -0.4 is 0 Å². The number of sulfonamides is 1. The van der Waals surface area contributed by atoms with Crippen molar-refractivity contribution < 1.29 is 8.42 Å². The average Bonchev–Trinajstić information content (AvgIpc) is 1.79. The number of hydrogen-bond acceptors (Lipinski definition) is 2. The Kier molecular flexibility index (Phi) is 1.81. The van der Waals surface area contributed by atoms with Crippen LogP contribution in [0, 0.1) is 17.3 Å². The molecule has 0 aromatic rings. The Morgan fingerprint density at radius 3 is 2.00 bits per heavy atom. The van der Waals surface area contributed by atoms with E-state index in [-0.39, 0.29) is 0 Å². The molecule has 1 saturated carbocycles. The first kappa shape index (κ1) is 9.46. The first-order valence-corrected chi connectivity index (χ1v) is 6.66. The molecule has 0 aromatic heterocycles. The fourth-order valence-electron chi connectivity index (χ4n) is 2.79. The highest BCUT2D eigenvalue weighted by Gasteiger charge is 2.59. The molecule has 2 unspecified atom stereocenters. The summed E-state index contributed by atoms with van der Waals surface area (Å²) in [6.45, 7) is 5.99. The van der Waals surface area contributed by atoms with Gasteiger partial charge in [0.25, 0.3) is 0 Å². The minimum absolute atomic E-state index is 0.336. The lowest BCUT2D eigenvalue weighted by Crippen LogP contribution is -2.68. The van der Waals surface area contributed by atoms with Crippen LogP contribution in [-0.4, -0.2) is 32.1 Å². The molecule has 0 N–H and O–H groups in total. The molecule has 1 aliphatic carbocycles. The highest BCUT2D eigenvalue weighted by atomic mass is 32.2. The summed E-state index contributed by atoms with van der Waals surface area (Å²) in [7, 11) is -2.93. The Morgan fingerprint density at radius 2 is 1.69 bits per heavy atom. The molecule has 4 heteroatoms. The molecule has 1 spiro atoms. The van der Waals surface area contributed by atoms with Crippen LogP contribution in [0.5, 0.6) is 0 Å². The van der Waals surface area contributed by atoms with E-state index in [1.807, 2.05) is 0 Å². The van der Waals surface area contributed by atoms with Crippen molar-refractivity contribution >= 4 is 10.0 Å². The van der Waals surface area contributed by atoms with E-state index in [2.05, 4.69) is 13.8 Å². The van der Waals surface area contributed by atoms with Gasteiger partial charge < -0.3 is 0 Å². The van der Waals surface area contributed by atoms with Crippen molar-refractivity contribution in [2.45, 2.75) is 20.3 Å². The van der Waals surface area contributed by atoms with Gasteiger partial charge in [0.1, 0.15) is 0 Å². The van der Waals surface area contributed by atoms with Crippen molar-refractivity contribution in [2.75, 3.05) is 19.3 Å². The van der Waals surface area contributed by atoms with E-state index in [4.69, 9.17) is 0 Å². The van der Waals surface area contributed by atoms with Gasteiger partial charge in [-0.25, -0.2) is 12.7 Å². The van der Waals surface area contributed by atoms with Crippen LogP contribution in [0.3, 0.4) is 0 Å². The zero-order valence-corrected chi connectivity index (χ0v) is 9.26. The third-order valence-corrected chi connectivity index (χ3v) is 5.28. The van der Waals surface area contributed by atoms with Crippen LogP contribution >= 0.6 is 0 Å². The summed E-state index contributed by atoms with van der Waals surface area (Å²) in [5.74, 6) is 1.42. The maximum absolute atomic E-state index is 11.2. The van der Waals surface area contributed by atoms with Crippen molar-refractivity contribution in [3.8, 4) is 0 Å². The molecule has 2 atom stereocenters. The van der Waals surface area contributed by atoms with Gasteiger partial charge in [-0.2, -0.15) is 0 Å². The van der Waals surface area contributed by atoms with Crippen molar-refractivity contribution in [3.05, 3.63) is 0 Å². The molecule has 3 nitrogen and oxygen atoms in total. The summed E-state index contributed by atoms with van der Waals surface area (Å²) >= 11 is 0. The lowest BCUT2D eigenvalue weighted by Gasteiger charge is -2.63. The average molecular weight is 203 g/mol. The van der Waals surface area contributed by atoms with Crippen LogP contribution in [-0.2, 0) is 10.0 Å². The summed E-state index contributed by atoms with van der Waals surface area (Å²) in [5.41, 5.74) is 0.336. The van der Waals surface area contributed by atoms with Crippen LogP contribution in [0.4, 0.5) is 0 Å². The normalized spacial score (nSPS) is 38.4. The van der Waals surface area contributed by atoms with E-state index >= 15 is 0 Å². The molecule has 13 heavy (non-hydrogen) atoms. The van der Waals surface area contributed by atoms with Crippen LogP contribution in [0.1, 0.15) is 20.3 Å². The van der Waals surface area contributed by atoms with Gasteiger partial charge in [0.15, 0.2) is 0 Å². The highest BCUT2D eigenvalue weighted by molar-refractivity contribution is 7.88. The molecule has 1 heterocycles. The second kappa shape index (κ2) is 2.48. The maximum atomic E-state index is 11.2. The Bertz CT molecular complexity index is 307. The molecule has 2 rings (SSSR count). The Morgan fingerprint density at radius 1 is 1.23 bits per heavy atom. The third-order valence-electron chi connectivity index (χ3n) is 4.08. The number of hydrogen-bond donors (Lipinski definition) is 0. The fraction of sp³-hybridized carbons (Fsp3) is 1.00. The number of nitrogens with zero attached hydrogens (tertiary/aromatic N) is 1. The van der Waals surface area contributed by atoms with E-state index in [0.29, 0.717) is 17.3 Å². The van der Waals surface area contributed by atoms with Gasteiger partial charge in [-0.05, 0) is 18.3 Å². The van der Waals surface area contributed by atoms with E-state index < -0.39 is 10.0 Å². The molecule has 1 aliphatic heterocycles. The summed E-state index contributed by atoms with van der Waals surface area (Å²) < 4.78 is 24.0. The molecule has 1 saturated heterocycles. The van der Waals surface area contributed by atoms with Crippen LogP contribution in [0.25, 0.3) is 0 Å². The summed E-state index contributed by atoms with van der Waals surface area (Å²) in [5, 5.41) is 0. The second-order valence-electron chi connectivity index (χ2n) is 4.80. The molecule has 0 amide bonds. The zero-order chi connectivity index (χ0) is 9.85. The fourth-order valence-corrected chi connectivity index (χ4v) is 3.74. The minimum atomic E-state index is -2.93. The predicted octanol–water partition coefficient (Wildman–Crippen LogP) is 0.924. The van der Waals surface area contributed by atoms with Gasteiger partial charge in [-0.15, -0.1) is 0 Å². The summed E-state index contributed by atoms with van der Waals surface area (Å²) in [6.07, 6.45) is 2.56. The van der Waals surface area contributed by atoms with Gasteiger partial charge in [0, 0.05) is 18.5 Å². The highest BCUT2D eigenvalue weighted by Crippen LogP contribution is 2.57. The zero-order valence-electron chi connectivity index (χ0n) is 8.45. The molecule has 2 aliphatic rings. The quantitative estimate of drug-likeness (QED) is 0.635. The van der Waals surface area contributed by atoms with Crippen molar-refractivity contribution in [3.63, 3.8) is 0 Å². The predicted molar refractivity (Wildman–Crippen MR) is 51.8 cm³/mol. The van der Waals surface area contributed by atoms with E-state index in [0.717, 1.165) is 13.1 Å². The Labute approximate surface area is 80.2 Å². The first-order valence-electron chi connectivity index (χ1n) is 4.81. The topological polar surface area (TPSA) is 37.4 Å². The smallest absolute Gasteiger partial charge is 0.211 e. The molecule has 76 valence electrons. The van der Waals surface area contributed by atoms with Gasteiger partial charge in [-0.1, -0.05) is 13.8 Å². The molecule has 0 radical (unpaired) electrons. The molecular formula is C9H17NO2S. The van der Waals surface area contributed by atoms with E-state index in [1.54, 1.807) is 4.31 Å². The first-order chi connectivity index (χ1) is 5.86. The van der Waals surface area contributed by atoms with E-state index in [9.17, 15) is 8.42 Å². The van der Waals surface area contributed by atoms with Crippen LogP contribution in [0.2, 0.25) is 0 Å². The van der Waals surface area contributed by atoms with Gasteiger partial charge >= 0.3 is 0 Å². The third kappa shape index (κ3) is 1.15. The number of rotatable bonds is 1. The molecule has 2 fully saturated rings. The largest absolute Gasteiger partial charge is 0.213 e. The molecular weight excluding hydrogens is 186 g/mol. The van der Waals surface area contributed by atoms with E-state index in [1.165, 1.54) is 12.7 Å². The lowest BCUT2D eigenvalue weighted by atomic mass is 9.51. The monoisotopic (exact) mass is 203 g/mol. The van der Waals surface area contributed by atoms with Crippen molar-refractivity contribution in [1.82, 2.24) is 4.31 Å². The standard InChI is InChI=1S/C9H17NO2S/c1-7-4-8(2)9(7)5-10(6-9)13(3,11)12/h7-8H,4-6H2,1-3H3. The second-order valence-corrected chi connectivity index (χ2v) is 6.78. The maximum Gasteiger partial charge on any atom is 0.211 e. The van der Waals surface area contributed by atoms with Gasteiger partial charge in [0.2, 0.25) is 10.0 Å². The Balaban J connectivity index is 2.05. The van der Waals surface area contributed by atoms with Gasteiger partial charge in [-0.3, -0.25) is 0 Å². The summed E-state index contributed by atoms with van der Waals surface area (Å²) in [6, 6.07) is 0. The SMILES string of the molecule is CC1CC(C)C12CN(S(C)(=O)=O)C2. The summed E-state index contributed by atoms with van der Waals surface area (Å²) in [4.78, 5) is 0. The van der Waals surface area contributed by atoms with Crippen molar-refractivity contribution in [1.29, 1.82) is 0 Å². The molecule has 0 bridgehead atoms. The Hall–Kier alpha value is -0.0900. The van der Waals surface area contributed by atoms with Crippen molar-refractivity contribution in [2.24, 2.45) is 17.3 Å². The lowest BCUT2D eigenvalue weighted by molar-refractivity contribution is -0.120. The molecule has 0 aromatic carbocycles.